The Hall–Kier alpha value is -2.69. The van der Waals surface area contributed by atoms with Crippen LogP contribution in [0.5, 0.6) is 11.5 Å². The number of rotatable bonds is 7. The zero-order valence-corrected chi connectivity index (χ0v) is 15.0. The second-order valence-electron chi connectivity index (χ2n) is 6.54. The van der Waals surface area contributed by atoms with E-state index in [1.54, 1.807) is 0 Å². The van der Waals surface area contributed by atoms with Crippen LogP contribution in [-0.2, 0) is 0 Å². The lowest BCUT2D eigenvalue weighted by atomic mass is 10.1. The summed E-state index contributed by atoms with van der Waals surface area (Å²) in [5.74, 6) is 1.97. The number of ether oxygens (including phenoxy) is 2. The summed E-state index contributed by atoms with van der Waals surface area (Å²) in [7, 11) is 0. The van der Waals surface area contributed by atoms with Crippen molar-refractivity contribution in [2.45, 2.75) is 27.2 Å². The lowest BCUT2D eigenvalue weighted by Gasteiger charge is -2.09. The van der Waals surface area contributed by atoms with Crippen molar-refractivity contribution in [2.75, 3.05) is 18.9 Å². The molecule has 132 valence electrons. The number of nitrogen functional groups attached to an aromatic ring is 1. The number of benzene rings is 1. The van der Waals surface area contributed by atoms with Gasteiger partial charge >= 0.3 is 0 Å². The van der Waals surface area contributed by atoms with Crippen molar-refractivity contribution < 1.29 is 9.47 Å². The molecular weight excluding hydrogens is 314 g/mol. The first kappa shape index (κ1) is 17.1. The van der Waals surface area contributed by atoms with Crippen LogP contribution in [0.2, 0.25) is 0 Å². The number of aromatic nitrogens is 2. The highest BCUT2D eigenvalue weighted by Crippen LogP contribution is 2.30. The topological polar surface area (TPSA) is 61.8 Å². The van der Waals surface area contributed by atoms with Crippen LogP contribution in [0.25, 0.3) is 16.9 Å². The van der Waals surface area contributed by atoms with E-state index in [0.29, 0.717) is 24.8 Å². The zero-order valence-electron chi connectivity index (χ0n) is 15.0. The van der Waals surface area contributed by atoms with Crippen molar-refractivity contribution in [3.63, 3.8) is 0 Å². The van der Waals surface area contributed by atoms with Crippen molar-refractivity contribution in [2.24, 2.45) is 5.92 Å². The summed E-state index contributed by atoms with van der Waals surface area (Å²) < 4.78 is 13.5. The summed E-state index contributed by atoms with van der Waals surface area (Å²) in [5.41, 5.74) is 9.37. The largest absolute Gasteiger partial charge is 0.491 e. The molecule has 3 rings (SSSR count). The molecule has 0 aliphatic carbocycles. The second-order valence-corrected chi connectivity index (χ2v) is 6.54. The number of imidazole rings is 1. The zero-order chi connectivity index (χ0) is 17.8. The summed E-state index contributed by atoms with van der Waals surface area (Å²) in [4.78, 5) is 4.74. The van der Waals surface area contributed by atoms with Gasteiger partial charge in [-0.15, -0.1) is 0 Å². The van der Waals surface area contributed by atoms with E-state index in [1.807, 2.05) is 47.1 Å². The summed E-state index contributed by atoms with van der Waals surface area (Å²) >= 11 is 0. The van der Waals surface area contributed by atoms with Gasteiger partial charge in [-0.2, -0.15) is 0 Å². The number of hydrogen-bond donors (Lipinski definition) is 1. The van der Waals surface area contributed by atoms with E-state index in [4.69, 9.17) is 20.2 Å². The quantitative estimate of drug-likeness (QED) is 0.648. The number of nitrogens with zero attached hydrogens (tertiary/aromatic N) is 2. The molecule has 5 nitrogen and oxygen atoms in total. The van der Waals surface area contributed by atoms with Gasteiger partial charge < -0.3 is 19.6 Å². The Labute approximate surface area is 148 Å². The van der Waals surface area contributed by atoms with E-state index in [9.17, 15) is 0 Å². The van der Waals surface area contributed by atoms with E-state index >= 15 is 0 Å². The predicted octanol–water partition coefficient (Wildman–Crippen LogP) is 4.41. The van der Waals surface area contributed by atoms with Gasteiger partial charge in [-0.3, -0.25) is 0 Å². The maximum absolute atomic E-state index is 6.12. The van der Waals surface area contributed by atoms with Gasteiger partial charge in [0.1, 0.15) is 5.75 Å². The van der Waals surface area contributed by atoms with E-state index in [2.05, 4.69) is 20.8 Å². The van der Waals surface area contributed by atoms with Crippen molar-refractivity contribution in [3.05, 3.63) is 42.7 Å². The second kappa shape index (κ2) is 7.47. The first-order chi connectivity index (χ1) is 12.1. The minimum absolute atomic E-state index is 0.463. The van der Waals surface area contributed by atoms with Gasteiger partial charge in [0, 0.05) is 18.0 Å². The van der Waals surface area contributed by atoms with Crippen LogP contribution in [0.3, 0.4) is 0 Å². The third kappa shape index (κ3) is 3.87. The summed E-state index contributed by atoms with van der Waals surface area (Å²) in [6, 6.07) is 9.70. The monoisotopic (exact) mass is 339 g/mol. The van der Waals surface area contributed by atoms with Crippen LogP contribution < -0.4 is 15.2 Å². The molecule has 0 amide bonds. The fourth-order valence-electron chi connectivity index (χ4n) is 2.55. The van der Waals surface area contributed by atoms with E-state index in [0.717, 1.165) is 34.8 Å². The van der Waals surface area contributed by atoms with Crippen LogP contribution >= 0.6 is 0 Å². The first-order valence-electron chi connectivity index (χ1n) is 8.71. The maximum atomic E-state index is 6.12. The maximum Gasteiger partial charge on any atom is 0.180 e. The molecule has 0 aliphatic heterocycles. The highest BCUT2D eigenvalue weighted by Gasteiger charge is 2.11. The van der Waals surface area contributed by atoms with Crippen LogP contribution in [0.1, 0.15) is 27.2 Å². The Kier molecular flexibility index (Phi) is 5.12. The number of anilines is 1. The molecule has 0 fully saturated rings. The average Bonchev–Trinajstić information content (AvgIpc) is 3.03. The standard InChI is InChI=1S/C20H25N3O2/c1-4-10-24-18-8-7-15(11-16(18)21)17-12-23-9-5-6-19(20(23)22-17)25-13-14(2)3/h5-9,11-12,14H,4,10,13,21H2,1-3H3. The molecule has 0 saturated carbocycles. The van der Waals surface area contributed by atoms with Crippen LogP contribution in [0, 0.1) is 5.92 Å². The predicted molar refractivity (Wildman–Crippen MR) is 101 cm³/mol. The molecule has 0 radical (unpaired) electrons. The highest BCUT2D eigenvalue weighted by atomic mass is 16.5. The van der Waals surface area contributed by atoms with Gasteiger partial charge in [0.25, 0.3) is 0 Å². The molecule has 0 aliphatic rings. The fraction of sp³-hybridized carbons (Fsp3) is 0.350. The van der Waals surface area contributed by atoms with Crippen LogP contribution in [-0.4, -0.2) is 22.6 Å². The summed E-state index contributed by atoms with van der Waals surface area (Å²) in [6.07, 6.45) is 4.90. The molecule has 5 heteroatoms. The van der Waals surface area contributed by atoms with Crippen LogP contribution in [0.15, 0.2) is 42.7 Å². The van der Waals surface area contributed by atoms with Crippen molar-refractivity contribution in [1.29, 1.82) is 0 Å². The number of fused-ring (bicyclic) bond motifs is 1. The molecule has 0 atom stereocenters. The third-order valence-electron chi connectivity index (χ3n) is 3.79. The molecular formula is C20H25N3O2. The van der Waals surface area contributed by atoms with Crippen LogP contribution in [0.4, 0.5) is 5.69 Å². The number of hydrogen-bond acceptors (Lipinski definition) is 4. The number of nitrogens with two attached hydrogens (primary N) is 1. The van der Waals surface area contributed by atoms with Gasteiger partial charge in [-0.25, -0.2) is 4.98 Å². The van der Waals surface area contributed by atoms with Crippen molar-refractivity contribution >= 4 is 11.3 Å². The lowest BCUT2D eigenvalue weighted by molar-refractivity contribution is 0.272. The average molecular weight is 339 g/mol. The van der Waals surface area contributed by atoms with E-state index in [-0.39, 0.29) is 0 Å². The molecule has 0 spiro atoms. The SMILES string of the molecule is CCCOc1ccc(-c2cn3cccc(OCC(C)C)c3n2)cc1N. The molecule has 0 bridgehead atoms. The Morgan fingerprint density at radius 1 is 1.16 bits per heavy atom. The minimum atomic E-state index is 0.463. The Balaban J connectivity index is 1.91. The molecule has 2 N–H and O–H groups in total. The summed E-state index contributed by atoms with van der Waals surface area (Å²) in [6.45, 7) is 7.65. The van der Waals surface area contributed by atoms with Crippen molar-refractivity contribution in [1.82, 2.24) is 9.38 Å². The molecule has 0 unspecified atom stereocenters. The van der Waals surface area contributed by atoms with E-state index < -0.39 is 0 Å². The minimum Gasteiger partial charge on any atom is -0.491 e. The smallest absolute Gasteiger partial charge is 0.180 e. The normalized spacial score (nSPS) is 11.2. The van der Waals surface area contributed by atoms with Gasteiger partial charge in [-0.1, -0.05) is 20.8 Å². The first-order valence-corrected chi connectivity index (χ1v) is 8.71. The molecule has 2 heterocycles. The van der Waals surface area contributed by atoms with Gasteiger partial charge in [0.05, 0.1) is 24.6 Å². The molecule has 25 heavy (non-hydrogen) atoms. The molecule has 2 aromatic heterocycles. The fourth-order valence-corrected chi connectivity index (χ4v) is 2.55. The Morgan fingerprint density at radius 2 is 2.00 bits per heavy atom. The number of pyridine rings is 1. The van der Waals surface area contributed by atoms with E-state index in [1.165, 1.54) is 0 Å². The van der Waals surface area contributed by atoms with Crippen molar-refractivity contribution in [3.8, 4) is 22.8 Å². The lowest BCUT2D eigenvalue weighted by Crippen LogP contribution is -2.05. The Bertz CT molecular complexity index is 855. The Morgan fingerprint density at radius 3 is 2.72 bits per heavy atom. The molecule has 0 saturated heterocycles. The summed E-state index contributed by atoms with van der Waals surface area (Å²) in [5, 5.41) is 0. The molecule has 1 aromatic carbocycles. The highest BCUT2D eigenvalue weighted by molar-refractivity contribution is 5.71. The van der Waals surface area contributed by atoms with Gasteiger partial charge in [0.2, 0.25) is 0 Å². The van der Waals surface area contributed by atoms with Gasteiger partial charge in [0.15, 0.2) is 11.4 Å². The third-order valence-corrected chi connectivity index (χ3v) is 3.79. The molecule has 3 aromatic rings. The van der Waals surface area contributed by atoms with Gasteiger partial charge in [-0.05, 0) is 42.7 Å².